The van der Waals surface area contributed by atoms with Gasteiger partial charge in [0.1, 0.15) is 0 Å². The van der Waals surface area contributed by atoms with Gasteiger partial charge in [-0.2, -0.15) is 0 Å². The number of halogens is 1. The molecule has 0 aromatic heterocycles. The van der Waals surface area contributed by atoms with Gasteiger partial charge in [-0.3, -0.25) is 0 Å². The topological polar surface area (TPSA) is 0 Å². The minimum atomic E-state index is -0.0806. The third-order valence-electron chi connectivity index (χ3n) is 5.23. The van der Waals surface area contributed by atoms with Crippen LogP contribution in [0.5, 0.6) is 0 Å². The van der Waals surface area contributed by atoms with E-state index in [0.29, 0.717) is 0 Å². The van der Waals surface area contributed by atoms with Crippen molar-refractivity contribution in [1.82, 2.24) is 0 Å². The van der Waals surface area contributed by atoms with Gasteiger partial charge in [0, 0.05) is 0 Å². The van der Waals surface area contributed by atoms with Crippen LogP contribution >= 0.6 is 11.6 Å². The molecule has 0 spiro atoms. The number of hydrogen-bond acceptors (Lipinski definition) is 0. The van der Waals surface area contributed by atoms with E-state index in [2.05, 4.69) is 66.7 Å². The third kappa shape index (κ3) is 2.62. The normalized spacial score (nSPS) is 12.6. The Labute approximate surface area is 134 Å². The maximum absolute atomic E-state index is 6.92. The fourth-order valence-corrected chi connectivity index (χ4v) is 3.68. The van der Waals surface area contributed by atoms with Crippen molar-refractivity contribution in [3.05, 3.63) is 68.3 Å². The fraction of sp³-hybridized carbons (Fsp3) is 0.400. The molecule has 0 radical (unpaired) electrons. The molecule has 1 unspecified atom stereocenters. The Bertz CT molecular complexity index is 666. The standard InChI is InChI=1S/C20H25Cl/c1-11-9-8-10-18(12(11)2)20(21)19-16(6)14(4)13(3)15(5)17(19)7/h8-10,20H,1-7H3. The van der Waals surface area contributed by atoms with E-state index in [9.17, 15) is 0 Å². The van der Waals surface area contributed by atoms with E-state index in [1.807, 2.05) is 0 Å². The first-order valence-electron chi connectivity index (χ1n) is 7.54. The quantitative estimate of drug-likeness (QED) is 0.581. The van der Waals surface area contributed by atoms with Gasteiger partial charge >= 0.3 is 0 Å². The van der Waals surface area contributed by atoms with E-state index >= 15 is 0 Å². The predicted molar refractivity (Wildman–Crippen MR) is 93.7 cm³/mol. The second-order valence-corrected chi connectivity index (χ2v) is 6.63. The molecule has 0 nitrogen and oxygen atoms in total. The summed E-state index contributed by atoms with van der Waals surface area (Å²) in [5, 5.41) is -0.0806. The minimum absolute atomic E-state index is 0.0806. The lowest BCUT2D eigenvalue weighted by atomic mass is 9.85. The van der Waals surface area contributed by atoms with Crippen LogP contribution in [0.1, 0.15) is 55.4 Å². The Morgan fingerprint density at radius 2 is 1.14 bits per heavy atom. The molecule has 1 atom stereocenters. The fourth-order valence-electron chi connectivity index (χ4n) is 3.11. The second-order valence-electron chi connectivity index (χ2n) is 6.19. The van der Waals surface area contributed by atoms with Crippen molar-refractivity contribution in [3.63, 3.8) is 0 Å². The van der Waals surface area contributed by atoms with Gasteiger partial charge in [0.05, 0.1) is 5.38 Å². The van der Waals surface area contributed by atoms with Crippen molar-refractivity contribution in [3.8, 4) is 0 Å². The zero-order chi connectivity index (χ0) is 15.9. The Morgan fingerprint density at radius 1 is 0.667 bits per heavy atom. The molecular formula is C20H25Cl. The predicted octanol–water partition coefficient (Wildman–Crippen LogP) is 6.17. The zero-order valence-electron chi connectivity index (χ0n) is 14.2. The molecular weight excluding hydrogens is 276 g/mol. The molecule has 0 amide bonds. The third-order valence-corrected chi connectivity index (χ3v) is 5.68. The van der Waals surface area contributed by atoms with Crippen molar-refractivity contribution >= 4 is 11.6 Å². The molecule has 2 rings (SSSR count). The van der Waals surface area contributed by atoms with Crippen LogP contribution < -0.4 is 0 Å². The summed E-state index contributed by atoms with van der Waals surface area (Å²) >= 11 is 6.92. The molecule has 0 heterocycles. The SMILES string of the molecule is Cc1cccc(C(Cl)c2c(C)c(C)c(C)c(C)c2C)c1C. The van der Waals surface area contributed by atoms with Gasteiger partial charge in [-0.05, 0) is 98.5 Å². The summed E-state index contributed by atoms with van der Waals surface area (Å²) in [6.45, 7) is 15.3. The summed E-state index contributed by atoms with van der Waals surface area (Å²) in [6, 6.07) is 6.41. The highest BCUT2D eigenvalue weighted by molar-refractivity contribution is 6.23. The Morgan fingerprint density at radius 3 is 1.67 bits per heavy atom. The average molecular weight is 301 g/mol. The highest BCUT2D eigenvalue weighted by atomic mass is 35.5. The van der Waals surface area contributed by atoms with Crippen molar-refractivity contribution in [1.29, 1.82) is 0 Å². The van der Waals surface area contributed by atoms with Gasteiger partial charge in [0.15, 0.2) is 0 Å². The van der Waals surface area contributed by atoms with Crippen molar-refractivity contribution in [2.45, 2.75) is 53.8 Å². The molecule has 2 aromatic rings. The van der Waals surface area contributed by atoms with Crippen molar-refractivity contribution in [2.24, 2.45) is 0 Å². The molecule has 1 heteroatoms. The van der Waals surface area contributed by atoms with E-state index in [1.54, 1.807) is 0 Å². The smallest absolute Gasteiger partial charge is 0.0843 e. The number of alkyl halides is 1. The van der Waals surface area contributed by atoms with Gasteiger partial charge in [0.2, 0.25) is 0 Å². The highest BCUT2D eigenvalue weighted by Gasteiger charge is 2.21. The molecule has 2 aromatic carbocycles. The second kappa shape index (κ2) is 5.85. The lowest BCUT2D eigenvalue weighted by molar-refractivity contribution is 1.02. The van der Waals surface area contributed by atoms with Crippen LogP contribution in [0.25, 0.3) is 0 Å². The number of rotatable bonds is 2. The Kier molecular flexibility index (Phi) is 4.49. The lowest BCUT2D eigenvalue weighted by Gasteiger charge is -2.23. The van der Waals surface area contributed by atoms with Crippen LogP contribution in [0.3, 0.4) is 0 Å². The van der Waals surface area contributed by atoms with Crippen molar-refractivity contribution < 1.29 is 0 Å². The maximum Gasteiger partial charge on any atom is 0.0843 e. The first-order chi connectivity index (χ1) is 9.77. The first kappa shape index (κ1) is 16.1. The lowest BCUT2D eigenvalue weighted by Crippen LogP contribution is -2.07. The molecule has 0 aliphatic carbocycles. The molecule has 21 heavy (non-hydrogen) atoms. The first-order valence-corrected chi connectivity index (χ1v) is 7.98. The summed E-state index contributed by atoms with van der Waals surface area (Å²) in [5.41, 5.74) is 11.9. The van der Waals surface area contributed by atoms with E-state index in [1.165, 1.54) is 50.1 Å². The highest BCUT2D eigenvalue weighted by Crippen LogP contribution is 2.38. The Hall–Kier alpha value is -1.27. The molecule has 0 aliphatic rings. The summed E-state index contributed by atoms with van der Waals surface area (Å²) in [7, 11) is 0. The molecule has 0 fully saturated rings. The van der Waals surface area contributed by atoms with E-state index in [0.717, 1.165) is 0 Å². The largest absolute Gasteiger partial charge is 0.113 e. The van der Waals surface area contributed by atoms with Crippen molar-refractivity contribution in [2.75, 3.05) is 0 Å². The van der Waals surface area contributed by atoms with E-state index in [4.69, 9.17) is 11.6 Å². The van der Waals surface area contributed by atoms with Gasteiger partial charge in [-0.25, -0.2) is 0 Å². The molecule has 0 saturated heterocycles. The van der Waals surface area contributed by atoms with Crippen LogP contribution in [0.2, 0.25) is 0 Å². The average Bonchev–Trinajstić information content (AvgIpc) is 2.46. The summed E-state index contributed by atoms with van der Waals surface area (Å²) in [4.78, 5) is 0. The van der Waals surface area contributed by atoms with E-state index in [-0.39, 0.29) is 5.38 Å². The van der Waals surface area contributed by atoms with Gasteiger partial charge in [-0.1, -0.05) is 18.2 Å². The van der Waals surface area contributed by atoms with Gasteiger partial charge in [0.25, 0.3) is 0 Å². The molecule has 112 valence electrons. The minimum Gasteiger partial charge on any atom is -0.113 e. The number of hydrogen-bond donors (Lipinski definition) is 0. The molecule has 0 aliphatic heterocycles. The van der Waals surface area contributed by atoms with Gasteiger partial charge < -0.3 is 0 Å². The van der Waals surface area contributed by atoms with E-state index < -0.39 is 0 Å². The van der Waals surface area contributed by atoms with Crippen LogP contribution in [-0.4, -0.2) is 0 Å². The van der Waals surface area contributed by atoms with Crippen LogP contribution in [0.4, 0.5) is 0 Å². The molecule has 0 bridgehead atoms. The molecule has 0 saturated carbocycles. The summed E-state index contributed by atoms with van der Waals surface area (Å²) < 4.78 is 0. The van der Waals surface area contributed by atoms with Crippen LogP contribution in [-0.2, 0) is 0 Å². The van der Waals surface area contributed by atoms with Crippen LogP contribution in [0.15, 0.2) is 18.2 Å². The van der Waals surface area contributed by atoms with Crippen LogP contribution in [0, 0.1) is 48.5 Å². The monoisotopic (exact) mass is 300 g/mol. The maximum atomic E-state index is 6.92. The summed E-state index contributed by atoms with van der Waals surface area (Å²) in [5.74, 6) is 0. The zero-order valence-corrected chi connectivity index (χ0v) is 14.9. The van der Waals surface area contributed by atoms with Gasteiger partial charge in [-0.15, -0.1) is 11.6 Å². The molecule has 0 N–H and O–H groups in total. The Balaban J connectivity index is 2.70. The number of aryl methyl sites for hydroxylation is 1. The summed E-state index contributed by atoms with van der Waals surface area (Å²) in [6.07, 6.45) is 0. The number of benzene rings is 2.